The van der Waals surface area contributed by atoms with Gasteiger partial charge >= 0.3 is 5.69 Å². The molecule has 0 atom stereocenters. The number of nitrogens with zero attached hydrogens (tertiary/aromatic N) is 3. The van der Waals surface area contributed by atoms with Crippen LogP contribution in [0.3, 0.4) is 0 Å². The van der Waals surface area contributed by atoms with E-state index in [1.165, 1.54) is 4.68 Å². The van der Waals surface area contributed by atoms with Gasteiger partial charge in [-0.15, -0.1) is 0 Å². The largest absolute Gasteiger partial charge is 0.329 e. The third-order valence-electron chi connectivity index (χ3n) is 2.83. The Morgan fingerprint density at radius 1 is 1.40 bits per heavy atom. The van der Waals surface area contributed by atoms with Gasteiger partial charge in [0, 0.05) is 5.02 Å². The van der Waals surface area contributed by atoms with Crippen molar-refractivity contribution in [3.63, 3.8) is 0 Å². The third kappa shape index (κ3) is 3.11. The molecule has 0 aliphatic heterocycles. The molecule has 1 heterocycles. The van der Waals surface area contributed by atoms with Crippen LogP contribution in [0.15, 0.2) is 24.3 Å². The quantitative estimate of drug-likeness (QED) is 0.616. The van der Waals surface area contributed by atoms with Gasteiger partial charge in [-0.25, -0.2) is 4.68 Å². The van der Waals surface area contributed by atoms with Crippen LogP contribution >= 0.6 is 23.2 Å². The molecule has 0 saturated carbocycles. The van der Waals surface area contributed by atoms with Crippen LogP contribution in [0.5, 0.6) is 0 Å². The van der Waals surface area contributed by atoms with Gasteiger partial charge in [0.05, 0.1) is 11.5 Å². The Hall–Kier alpha value is -1.59. The van der Waals surface area contributed by atoms with Crippen molar-refractivity contribution in [1.29, 1.82) is 0 Å². The molecule has 0 radical (unpaired) electrons. The summed E-state index contributed by atoms with van der Waals surface area (Å²) >= 11 is 12.0. The molecule has 0 aliphatic rings. The van der Waals surface area contributed by atoms with E-state index in [9.17, 15) is 10.1 Å². The molecule has 7 heteroatoms. The van der Waals surface area contributed by atoms with Gasteiger partial charge in [0.15, 0.2) is 0 Å². The third-order valence-corrected chi connectivity index (χ3v) is 3.44. The van der Waals surface area contributed by atoms with Gasteiger partial charge < -0.3 is 0 Å². The van der Waals surface area contributed by atoms with Crippen LogP contribution in [-0.4, -0.2) is 14.7 Å². The van der Waals surface area contributed by atoms with Crippen LogP contribution in [-0.2, 0) is 13.0 Å². The second-order valence-corrected chi connectivity index (χ2v) is 5.18. The zero-order valence-electron chi connectivity index (χ0n) is 10.8. The Balaban J connectivity index is 2.37. The number of hydrogen-bond acceptors (Lipinski definition) is 3. The van der Waals surface area contributed by atoms with Crippen LogP contribution < -0.4 is 0 Å². The van der Waals surface area contributed by atoms with E-state index in [-0.39, 0.29) is 10.8 Å². The number of aryl methyl sites for hydroxylation is 1. The minimum absolute atomic E-state index is 0.0541. The standard InChI is InChI=1S/C13H13Cl2N3O2/c1-2-4-11-12(18(19)20)13(15)17(16-11)8-9-5-3-6-10(14)7-9/h3,5-7H,2,4,8H2,1H3. The molecule has 106 valence electrons. The first-order valence-electron chi connectivity index (χ1n) is 6.17. The number of aromatic nitrogens is 2. The van der Waals surface area contributed by atoms with Crippen molar-refractivity contribution >= 4 is 28.9 Å². The van der Waals surface area contributed by atoms with E-state index >= 15 is 0 Å². The minimum Gasteiger partial charge on any atom is -0.258 e. The first kappa shape index (κ1) is 14.8. The maximum Gasteiger partial charge on any atom is 0.329 e. The summed E-state index contributed by atoms with van der Waals surface area (Å²) in [6.45, 7) is 2.29. The number of benzene rings is 1. The van der Waals surface area contributed by atoms with Crippen molar-refractivity contribution in [2.75, 3.05) is 0 Å². The number of hydrogen-bond donors (Lipinski definition) is 0. The van der Waals surface area contributed by atoms with E-state index in [1.54, 1.807) is 12.1 Å². The molecule has 20 heavy (non-hydrogen) atoms. The lowest BCUT2D eigenvalue weighted by molar-refractivity contribution is -0.385. The van der Waals surface area contributed by atoms with E-state index in [0.717, 1.165) is 12.0 Å². The molecular formula is C13H13Cl2N3O2. The number of rotatable bonds is 5. The van der Waals surface area contributed by atoms with Crippen LogP contribution in [0, 0.1) is 10.1 Å². The summed E-state index contributed by atoms with van der Waals surface area (Å²) in [6.07, 6.45) is 1.30. The lowest BCUT2D eigenvalue weighted by atomic mass is 10.2. The van der Waals surface area contributed by atoms with Crippen molar-refractivity contribution in [2.24, 2.45) is 0 Å². The molecule has 2 rings (SSSR count). The van der Waals surface area contributed by atoms with Gasteiger partial charge in [-0.05, 0) is 24.1 Å². The Bertz CT molecular complexity index is 641. The topological polar surface area (TPSA) is 61.0 Å². The van der Waals surface area contributed by atoms with Crippen LogP contribution in [0.2, 0.25) is 10.2 Å². The molecule has 0 N–H and O–H groups in total. The molecule has 0 amide bonds. The maximum atomic E-state index is 11.1. The fourth-order valence-corrected chi connectivity index (χ4v) is 2.47. The van der Waals surface area contributed by atoms with Crippen molar-refractivity contribution in [2.45, 2.75) is 26.3 Å². The lowest BCUT2D eigenvalue weighted by Crippen LogP contribution is -2.02. The van der Waals surface area contributed by atoms with Gasteiger partial charge in [0.2, 0.25) is 5.15 Å². The molecule has 0 spiro atoms. The van der Waals surface area contributed by atoms with E-state index in [0.29, 0.717) is 23.7 Å². The maximum absolute atomic E-state index is 11.1. The first-order valence-corrected chi connectivity index (χ1v) is 6.92. The van der Waals surface area contributed by atoms with Crippen molar-refractivity contribution in [3.8, 4) is 0 Å². The van der Waals surface area contributed by atoms with Gasteiger partial charge in [-0.3, -0.25) is 10.1 Å². The summed E-state index contributed by atoms with van der Waals surface area (Å²) in [5.74, 6) is 0. The average molecular weight is 314 g/mol. The smallest absolute Gasteiger partial charge is 0.258 e. The summed E-state index contributed by atoms with van der Waals surface area (Å²) in [7, 11) is 0. The second kappa shape index (κ2) is 6.24. The molecule has 1 aromatic heterocycles. The summed E-state index contributed by atoms with van der Waals surface area (Å²) < 4.78 is 1.44. The summed E-state index contributed by atoms with van der Waals surface area (Å²) in [5, 5.41) is 16.0. The van der Waals surface area contributed by atoms with Gasteiger partial charge in [0.1, 0.15) is 5.69 Å². The Kier molecular flexibility index (Phi) is 4.62. The Morgan fingerprint density at radius 2 is 2.15 bits per heavy atom. The summed E-state index contributed by atoms with van der Waals surface area (Å²) in [5.41, 5.74) is 1.21. The van der Waals surface area contributed by atoms with Gasteiger partial charge in [-0.1, -0.05) is 48.7 Å². The SMILES string of the molecule is CCCc1nn(Cc2cccc(Cl)c2)c(Cl)c1[N+](=O)[O-]. The van der Waals surface area contributed by atoms with Gasteiger partial charge in [0.25, 0.3) is 0 Å². The fraction of sp³-hybridized carbons (Fsp3) is 0.308. The molecule has 5 nitrogen and oxygen atoms in total. The molecule has 0 fully saturated rings. The van der Waals surface area contributed by atoms with Crippen LogP contribution in [0.4, 0.5) is 5.69 Å². The van der Waals surface area contributed by atoms with Crippen LogP contribution in [0.25, 0.3) is 0 Å². The van der Waals surface area contributed by atoms with Crippen molar-refractivity contribution in [1.82, 2.24) is 9.78 Å². The van der Waals surface area contributed by atoms with E-state index < -0.39 is 4.92 Å². The first-order chi connectivity index (χ1) is 9.52. The Labute approximate surface area is 126 Å². The average Bonchev–Trinajstić information content (AvgIpc) is 2.66. The molecule has 1 aromatic carbocycles. The predicted molar refractivity (Wildman–Crippen MR) is 78.4 cm³/mol. The molecule has 0 saturated heterocycles. The lowest BCUT2D eigenvalue weighted by Gasteiger charge is -2.03. The highest BCUT2D eigenvalue weighted by atomic mass is 35.5. The predicted octanol–water partition coefficient (Wildman–Crippen LogP) is 4.10. The number of nitro groups is 1. The molecule has 2 aromatic rings. The molecular weight excluding hydrogens is 301 g/mol. The molecule has 0 bridgehead atoms. The highest BCUT2D eigenvalue weighted by molar-refractivity contribution is 6.31. The minimum atomic E-state index is -0.477. The summed E-state index contributed by atoms with van der Waals surface area (Å²) in [4.78, 5) is 10.6. The van der Waals surface area contributed by atoms with Crippen LogP contribution in [0.1, 0.15) is 24.6 Å². The number of halogens is 2. The van der Waals surface area contributed by atoms with E-state index in [4.69, 9.17) is 23.2 Å². The fourth-order valence-electron chi connectivity index (χ4n) is 1.98. The van der Waals surface area contributed by atoms with E-state index in [1.807, 2.05) is 19.1 Å². The summed E-state index contributed by atoms with van der Waals surface area (Å²) in [6, 6.07) is 7.23. The van der Waals surface area contributed by atoms with Crippen molar-refractivity contribution in [3.05, 3.63) is 55.8 Å². The molecule has 0 aliphatic carbocycles. The highest BCUT2D eigenvalue weighted by Gasteiger charge is 2.25. The monoisotopic (exact) mass is 313 g/mol. The van der Waals surface area contributed by atoms with Crippen molar-refractivity contribution < 1.29 is 4.92 Å². The zero-order valence-corrected chi connectivity index (χ0v) is 12.4. The Morgan fingerprint density at radius 3 is 2.75 bits per heavy atom. The van der Waals surface area contributed by atoms with E-state index in [2.05, 4.69) is 5.10 Å². The molecule has 0 unspecified atom stereocenters. The zero-order chi connectivity index (χ0) is 14.7. The highest BCUT2D eigenvalue weighted by Crippen LogP contribution is 2.29. The van der Waals surface area contributed by atoms with Gasteiger partial charge in [-0.2, -0.15) is 5.10 Å². The second-order valence-electron chi connectivity index (χ2n) is 4.38. The normalized spacial score (nSPS) is 10.8.